The largest absolute Gasteiger partial charge is 0.307 e. The highest BCUT2D eigenvalue weighted by Gasteiger charge is 2.33. The summed E-state index contributed by atoms with van der Waals surface area (Å²) in [6.45, 7) is 0. The van der Waals surface area contributed by atoms with Crippen LogP contribution >= 0.6 is 0 Å². The molecule has 0 bridgehead atoms. The van der Waals surface area contributed by atoms with E-state index in [4.69, 9.17) is 0 Å². The summed E-state index contributed by atoms with van der Waals surface area (Å²) in [7, 11) is 0. The minimum absolute atomic E-state index is 0.350. The maximum absolute atomic E-state index is 12.0. The van der Waals surface area contributed by atoms with Gasteiger partial charge in [-0.3, -0.25) is 0 Å². The summed E-state index contributed by atoms with van der Waals surface area (Å²) >= 11 is 0. The van der Waals surface area contributed by atoms with Crippen molar-refractivity contribution in [3.8, 4) is 46.4 Å². The predicted octanol–water partition coefficient (Wildman–Crippen LogP) is 13.4. The first-order valence-electron chi connectivity index (χ1n) is 20.1. The molecular formula is C55H30N6. The van der Waals surface area contributed by atoms with Gasteiger partial charge in [0, 0.05) is 37.9 Å². The number of aromatic nitrogens is 3. The molecule has 0 saturated carbocycles. The van der Waals surface area contributed by atoms with Gasteiger partial charge in [-0.2, -0.15) is 15.8 Å². The van der Waals surface area contributed by atoms with Gasteiger partial charge in [0.2, 0.25) is 0 Å². The Morgan fingerprint density at radius 1 is 0.311 bits per heavy atom. The zero-order valence-electron chi connectivity index (χ0n) is 32.5. The van der Waals surface area contributed by atoms with Gasteiger partial charge in [-0.1, -0.05) is 127 Å². The molecule has 12 aromatic rings. The van der Waals surface area contributed by atoms with Crippen LogP contribution in [0.2, 0.25) is 0 Å². The summed E-state index contributed by atoms with van der Waals surface area (Å²) < 4.78 is 6.57. The predicted molar refractivity (Wildman–Crippen MR) is 247 cm³/mol. The number of fused-ring (bicyclic) bond motifs is 10. The molecular weight excluding hydrogens is 745 g/mol. The zero-order valence-corrected chi connectivity index (χ0v) is 32.5. The molecule has 0 N–H and O–H groups in total. The molecule has 0 radical (unpaired) electrons. The second kappa shape index (κ2) is 13.1. The second-order valence-electron chi connectivity index (χ2n) is 15.4. The van der Waals surface area contributed by atoms with Crippen LogP contribution in [-0.2, 0) is 0 Å². The molecule has 12 rings (SSSR count). The van der Waals surface area contributed by atoms with Crippen molar-refractivity contribution < 1.29 is 0 Å². The van der Waals surface area contributed by atoms with Gasteiger partial charge in [0.25, 0.3) is 0 Å². The van der Waals surface area contributed by atoms with Crippen LogP contribution < -0.4 is 0 Å². The van der Waals surface area contributed by atoms with Crippen LogP contribution in [0.5, 0.6) is 0 Å². The minimum atomic E-state index is 0.350. The molecule has 0 spiro atoms. The summed E-state index contributed by atoms with van der Waals surface area (Å²) in [4.78, 5) is 0. The second-order valence-corrected chi connectivity index (χ2v) is 15.4. The van der Waals surface area contributed by atoms with Crippen molar-refractivity contribution in [1.29, 1.82) is 15.8 Å². The lowest BCUT2D eigenvalue weighted by atomic mass is 9.91. The topological polar surface area (TPSA) is 86.2 Å². The van der Waals surface area contributed by atoms with Crippen molar-refractivity contribution in [2.45, 2.75) is 0 Å². The van der Waals surface area contributed by atoms with Gasteiger partial charge >= 0.3 is 0 Å². The van der Waals surface area contributed by atoms with Crippen molar-refractivity contribution in [2.24, 2.45) is 0 Å². The zero-order chi connectivity index (χ0) is 40.8. The fourth-order valence-corrected chi connectivity index (χ4v) is 9.80. The van der Waals surface area contributed by atoms with Gasteiger partial charge < -0.3 is 13.7 Å². The van der Waals surface area contributed by atoms with E-state index in [0.29, 0.717) is 39.3 Å². The van der Waals surface area contributed by atoms with E-state index in [1.807, 2.05) is 97.1 Å². The van der Waals surface area contributed by atoms with Crippen molar-refractivity contribution in [1.82, 2.24) is 13.7 Å². The molecule has 9 aromatic carbocycles. The summed E-state index contributed by atoms with van der Waals surface area (Å²) in [6.07, 6.45) is 0. The molecule has 61 heavy (non-hydrogen) atoms. The van der Waals surface area contributed by atoms with Gasteiger partial charge in [-0.15, -0.1) is 0 Å². The third-order valence-electron chi connectivity index (χ3n) is 12.3. The highest BCUT2D eigenvalue weighted by atomic mass is 15.1. The third-order valence-corrected chi connectivity index (χ3v) is 12.3. The monoisotopic (exact) mass is 774 g/mol. The molecule has 6 heteroatoms. The summed E-state index contributed by atoms with van der Waals surface area (Å²) in [5, 5.41) is 42.3. The van der Waals surface area contributed by atoms with Crippen molar-refractivity contribution in [3.05, 3.63) is 199 Å². The fraction of sp³-hybridized carbons (Fsp3) is 0. The van der Waals surface area contributed by atoms with Gasteiger partial charge in [0.1, 0.15) is 23.3 Å². The van der Waals surface area contributed by atoms with E-state index in [-0.39, 0.29) is 0 Å². The van der Waals surface area contributed by atoms with Crippen molar-refractivity contribution >= 4 is 76.2 Å². The Morgan fingerprint density at radius 3 is 1.08 bits per heavy atom. The van der Waals surface area contributed by atoms with Crippen LogP contribution in [0, 0.1) is 34.0 Å². The van der Waals surface area contributed by atoms with E-state index in [1.54, 1.807) is 0 Å². The Hall–Kier alpha value is -8.89. The Balaban J connectivity index is 1.41. The lowest BCUT2D eigenvalue weighted by molar-refractivity contribution is 1.08. The van der Waals surface area contributed by atoms with E-state index in [0.717, 1.165) is 81.8 Å². The third kappa shape index (κ3) is 4.75. The Morgan fingerprint density at radius 2 is 0.672 bits per heavy atom. The van der Waals surface area contributed by atoms with Crippen molar-refractivity contribution in [3.63, 3.8) is 0 Å². The molecule has 0 fully saturated rings. The number of rotatable bonds is 4. The molecule has 0 amide bonds. The van der Waals surface area contributed by atoms with E-state index in [1.165, 1.54) is 0 Å². The van der Waals surface area contributed by atoms with Crippen LogP contribution in [0.25, 0.3) is 104 Å². The van der Waals surface area contributed by atoms with E-state index in [9.17, 15) is 15.8 Å². The number of hydrogen-bond acceptors (Lipinski definition) is 3. The van der Waals surface area contributed by atoms with Crippen LogP contribution in [0.15, 0.2) is 182 Å². The summed E-state index contributed by atoms with van der Waals surface area (Å²) in [6, 6.07) is 69.4. The molecule has 0 atom stereocenters. The number of nitrogens with zero attached hydrogens (tertiary/aromatic N) is 6. The standard InChI is InChI=1S/C55H30N6/c56-31-34-25-27-35(28-26-34)52-54(59-46-20-8-3-15-38(46)39-16-4-9-21-47(39)59)44(32-57)53(45(33-58)55(52)60-48-22-10-5-17-40(48)41-18-6-11-23-49(41)60)61-50-24-12-7-19-42(50)43-29-36-13-1-2-14-37(36)30-51(43)61/h1-30H. The molecule has 6 nitrogen and oxygen atoms in total. The van der Waals surface area contributed by atoms with E-state index in [2.05, 4.69) is 117 Å². The van der Waals surface area contributed by atoms with Gasteiger partial charge in [-0.25, -0.2) is 0 Å². The molecule has 0 saturated heterocycles. The highest BCUT2D eigenvalue weighted by molar-refractivity contribution is 6.16. The quantitative estimate of drug-likeness (QED) is 0.178. The number of nitriles is 3. The summed E-state index contributed by atoms with van der Waals surface area (Å²) in [5.74, 6) is 0. The Labute approximate surface area is 349 Å². The maximum atomic E-state index is 12.0. The fourth-order valence-electron chi connectivity index (χ4n) is 9.80. The molecule has 0 aliphatic carbocycles. The smallest absolute Gasteiger partial charge is 0.104 e. The molecule has 3 aromatic heterocycles. The lowest BCUT2D eigenvalue weighted by Crippen LogP contribution is -2.14. The Kier molecular flexibility index (Phi) is 7.32. The van der Waals surface area contributed by atoms with Gasteiger partial charge in [0.05, 0.1) is 61.8 Å². The first kappa shape index (κ1) is 34.2. The first-order valence-corrected chi connectivity index (χ1v) is 20.1. The van der Waals surface area contributed by atoms with Gasteiger partial charge in [-0.05, 0) is 70.9 Å². The maximum Gasteiger partial charge on any atom is 0.104 e. The first-order chi connectivity index (χ1) is 30.2. The van der Waals surface area contributed by atoms with E-state index < -0.39 is 0 Å². The summed E-state index contributed by atoms with van der Waals surface area (Å²) in [5.41, 5.74) is 9.92. The highest BCUT2D eigenvalue weighted by Crippen LogP contribution is 2.49. The molecule has 3 heterocycles. The van der Waals surface area contributed by atoms with Crippen LogP contribution in [0.4, 0.5) is 0 Å². The normalized spacial score (nSPS) is 11.6. The van der Waals surface area contributed by atoms with Crippen LogP contribution in [0.1, 0.15) is 16.7 Å². The SMILES string of the molecule is N#Cc1ccc(-c2c(-n3c4ccccc4c4ccccc43)c(C#N)c(-n3c4ccccc4c4cc5ccccc5cc43)c(C#N)c2-n2c3ccccc3c3ccccc32)cc1. The van der Waals surface area contributed by atoms with Crippen LogP contribution in [0.3, 0.4) is 0 Å². The average Bonchev–Trinajstić information content (AvgIpc) is 3.95. The molecule has 0 aliphatic heterocycles. The number of para-hydroxylation sites is 5. The number of benzene rings is 9. The van der Waals surface area contributed by atoms with Crippen LogP contribution in [-0.4, -0.2) is 13.7 Å². The van der Waals surface area contributed by atoms with Crippen molar-refractivity contribution in [2.75, 3.05) is 0 Å². The molecule has 0 unspecified atom stereocenters. The molecule has 0 aliphatic rings. The molecule has 280 valence electrons. The Bertz CT molecular complexity index is 3710. The van der Waals surface area contributed by atoms with Gasteiger partial charge in [0.15, 0.2) is 0 Å². The number of hydrogen-bond donors (Lipinski definition) is 0. The average molecular weight is 775 g/mol. The minimum Gasteiger partial charge on any atom is -0.307 e. The lowest BCUT2D eigenvalue weighted by Gasteiger charge is -2.26. The van der Waals surface area contributed by atoms with E-state index >= 15 is 0 Å².